The summed E-state index contributed by atoms with van der Waals surface area (Å²) < 4.78 is 0. The van der Waals surface area contributed by atoms with Crippen LogP contribution in [0.2, 0.25) is 0 Å². The van der Waals surface area contributed by atoms with Gasteiger partial charge in [-0.05, 0) is 50.3 Å². The van der Waals surface area contributed by atoms with Crippen molar-refractivity contribution in [3.05, 3.63) is 24.0 Å². The number of carbonyl (C=O) groups is 1. The van der Waals surface area contributed by atoms with E-state index in [9.17, 15) is 4.79 Å². The van der Waals surface area contributed by atoms with Crippen LogP contribution in [-0.4, -0.2) is 55.1 Å². The Kier molecular flexibility index (Phi) is 7.69. The first-order chi connectivity index (χ1) is 12.2. The van der Waals surface area contributed by atoms with Gasteiger partial charge in [-0.3, -0.25) is 9.69 Å². The third-order valence-electron chi connectivity index (χ3n) is 5.24. The monoisotopic (exact) mass is 348 g/mol. The van der Waals surface area contributed by atoms with Crippen LogP contribution < -0.4 is 10.2 Å². The Morgan fingerprint density at radius 1 is 1.20 bits per heavy atom. The molecule has 0 spiro atoms. The second kappa shape index (κ2) is 9.76. The number of carbonyl (C=O) groups excluding carboxylic acids is 1. The molecule has 1 N–H and O–H groups in total. The van der Waals surface area contributed by atoms with Crippen LogP contribution in [0.5, 0.6) is 0 Å². The van der Waals surface area contributed by atoms with Crippen molar-refractivity contribution in [2.24, 2.45) is 5.92 Å². The predicted molar refractivity (Wildman–Crippen MR) is 106 cm³/mol. The fourth-order valence-electron chi connectivity index (χ4n) is 3.88. The highest BCUT2D eigenvalue weighted by atomic mass is 16.1. The van der Waals surface area contributed by atoms with E-state index in [1.165, 1.54) is 38.8 Å². The van der Waals surface area contributed by atoms with Crippen LogP contribution >= 0.6 is 0 Å². The second-order valence-corrected chi connectivity index (χ2v) is 6.94. The van der Waals surface area contributed by atoms with Gasteiger partial charge >= 0.3 is 0 Å². The number of aromatic nitrogens is 1. The Hall–Kier alpha value is -1.62. The number of nitrogens with one attached hydrogen (secondary N) is 1. The van der Waals surface area contributed by atoms with Crippen molar-refractivity contribution in [2.75, 3.05) is 38.1 Å². The van der Waals surface area contributed by atoms with Crippen LogP contribution in [0.15, 0.2) is 18.3 Å². The maximum Gasteiger partial charge on any atom is 0.269 e. The molecule has 3 rings (SSSR count). The normalized spacial score (nSPS) is 22.1. The van der Waals surface area contributed by atoms with E-state index in [0.29, 0.717) is 5.69 Å². The summed E-state index contributed by atoms with van der Waals surface area (Å²) in [4.78, 5) is 20.9. The Labute approximate surface area is 154 Å². The zero-order valence-corrected chi connectivity index (χ0v) is 16.3. The van der Waals surface area contributed by atoms with Gasteiger partial charge < -0.3 is 10.2 Å². The lowest BCUT2D eigenvalue weighted by Gasteiger charge is -2.42. The molecule has 1 atom stereocenters. The molecule has 5 nitrogen and oxygen atoms in total. The molecule has 2 fully saturated rings. The highest BCUT2D eigenvalue weighted by Gasteiger charge is 2.27. The molecule has 0 saturated carbocycles. The van der Waals surface area contributed by atoms with Gasteiger partial charge in [0.2, 0.25) is 0 Å². The Bertz CT molecular complexity index is 529. The average molecular weight is 349 g/mol. The molecular weight excluding hydrogens is 312 g/mol. The number of hydrogen-bond donors (Lipinski definition) is 1. The van der Waals surface area contributed by atoms with Crippen LogP contribution in [0.3, 0.4) is 0 Å². The summed E-state index contributed by atoms with van der Waals surface area (Å²) in [5.74, 6) is 0.720. The first-order valence-corrected chi connectivity index (χ1v) is 9.84. The quantitative estimate of drug-likeness (QED) is 0.909. The molecule has 1 amide bonds. The van der Waals surface area contributed by atoms with Crippen LogP contribution in [0.1, 0.15) is 58.4 Å². The molecule has 1 aromatic heterocycles. The van der Waals surface area contributed by atoms with E-state index in [2.05, 4.69) is 27.0 Å². The number of piperidine rings is 2. The van der Waals surface area contributed by atoms with Crippen molar-refractivity contribution in [1.29, 1.82) is 0 Å². The van der Waals surface area contributed by atoms with E-state index >= 15 is 0 Å². The molecule has 142 valence electrons. The number of rotatable bonds is 3. The molecule has 0 radical (unpaired) electrons. The molecule has 1 aromatic rings. The minimum absolute atomic E-state index is 0. The van der Waals surface area contributed by atoms with Crippen LogP contribution in [0.4, 0.5) is 5.69 Å². The first-order valence-electron chi connectivity index (χ1n) is 9.84. The molecular formula is C20H36N4O. The fourth-order valence-corrected chi connectivity index (χ4v) is 3.88. The van der Waals surface area contributed by atoms with Gasteiger partial charge in [-0.15, -0.1) is 0 Å². The third-order valence-corrected chi connectivity index (χ3v) is 5.24. The number of likely N-dealkylation sites (tertiary alicyclic amines) is 1. The van der Waals surface area contributed by atoms with E-state index in [-0.39, 0.29) is 7.33 Å². The van der Waals surface area contributed by atoms with E-state index in [1.54, 1.807) is 7.05 Å². The number of hydrogen-bond acceptors (Lipinski definition) is 4. The lowest BCUT2D eigenvalue weighted by Crippen LogP contribution is -2.48. The first kappa shape index (κ1) is 19.7. The summed E-state index contributed by atoms with van der Waals surface area (Å²) in [6.45, 7) is 11.1. The zero-order chi connectivity index (χ0) is 18.2. The third kappa shape index (κ3) is 5.18. The van der Waals surface area contributed by atoms with Crippen molar-refractivity contribution >= 4 is 11.6 Å². The topological polar surface area (TPSA) is 48.5 Å². The number of pyridine rings is 1. The molecule has 3 heterocycles. The Balaban J connectivity index is 0.00000109. The summed E-state index contributed by atoms with van der Waals surface area (Å²) in [6.07, 6.45) is 7.02. The molecule has 2 aliphatic rings. The molecule has 5 heteroatoms. The van der Waals surface area contributed by atoms with Gasteiger partial charge in [-0.25, -0.2) is 4.98 Å². The SMILES string of the molecule is CC.CNC(=O)c1ccc(N2CCC(N3CCCC(C)C3)CC2)cn1.[HH]. The van der Waals surface area contributed by atoms with Crippen LogP contribution in [0.25, 0.3) is 0 Å². The molecule has 25 heavy (non-hydrogen) atoms. The van der Waals surface area contributed by atoms with Crippen molar-refractivity contribution in [3.8, 4) is 0 Å². The highest BCUT2D eigenvalue weighted by Crippen LogP contribution is 2.25. The average Bonchev–Trinajstić information content (AvgIpc) is 2.69. The van der Waals surface area contributed by atoms with Crippen molar-refractivity contribution in [2.45, 2.75) is 52.5 Å². The van der Waals surface area contributed by atoms with Gasteiger partial charge in [-0.2, -0.15) is 0 Å². The van der Waals surface area contributed by atoms with Gasteiger partial charge in [0, 0.05) is 34.2 Å². The highest BCUT2D eigenvalue weighted by molar-refractivity contribution is 5.92. The molecule has 2 saturated heterocycles. The van der Waals surface area contributed by atoms with Crippen molar-refractivity contribution in [3.63, 3.8) is 0 Å². The molecule has 0 aliphatic carbocycles. The van der Waals surface area contributed by atoms with E-state index in [4.69, 9.17) is 0 Å². The lowest BCUT2D eigenvalue weighted by molar-refractivity contribution is 0.0958. The number of anilines is 1. The summed E-state index contributed by atoms with van der Waals surface area (Å²) in [7, 11) is 1.63. The minimum atomic E-state index is -0.130. The number of nitrogens with zero attached hydrogens (tertiary/aromatic N) is 3. The maximum absolute atomic E-state index is 11.6. The van der Waals surface area contributed by atoms with Gasteiger partial charge in [0.1, 0.15) is 5.69 Å². The predicted octanol–water partition coefficient (Wildman–Crippen LogP) is 3.41. The fraction of sp³-hybridized carbons (Fsp3) is 0.700. The summed E-state index contributed by atoms with van der Waals surface area (Å²) in [6, 6.07) is 4.57. The lowest BCUT2D eigenvalue weighted by atomic mass is 9.95. The Morgan fingerprint density at radius 3 is 2.48 bits per heavy atom. The minimum Gasteiger partial charge on any atom is -0.370 e. The molecule has 2 aliphatic heterocycles. The summed E-state index contributed by atoms with van der Waals surface area (Å²) in [5.41, 5.74) is 1.61. The largest absolute Gasteiger partial charge is 0.370 e. The zero-order valence-electron chi connectivity index (χ0n) is 16.3. The van der Waals surface area contributed by atoms with Gasteiger partial charge in [0.05, 0.1) is 11.9 Å². The van der Waals surface area contributed by atoms with Gasteiger partial charge in [0.15, 0.2) is 0 Å². The Morgan fingerprint density at radius 2 is 1.92 bits per heavy atom. The molecule has 1 unspecified atom stereocenters. The van der Waals surface area contributed by atoms with E-state index in [0.717, 1.165) is 30.7 Å². The van der Waals surface area contributed by atoms with E-state index in [1.807, 2.05) is 32.2 Å². The van der Waals surface area contributed by atoms with Gasteiger partial charge in [-0.1, -0.05) is 20.8 Å². The van der Waals surface area contributed by atoms with Crippen LogP contribution in [0, 0.1) is 5.92 Å². The van der Waals surface area contributed by atoms with Crippen LogP contribution in [-0.2, 0) is 0 Å². The van der Waals surface area contributed by atoms with E-state index < -0.39 is 0 Å². The molecule has 0 aromatic carbocycles. The second-order valence-electron chi connectivity index (χ2n) is 6.94. The summed E-state index contributed by atoms with van der Waals surface area (Å²) >= 11 is 0. The summed E-state index contributed by atoms with van der Waals surface area (Å²) in [5, 5.41) is 2.61. The van der Waals surface area contributed by atoms with Crippen molar-refractivity contribution in [1.82, 2.24) is 15.2 Å². The number of amides is 1. The molecule has 0 bridgehead atoms. The standard InChI is InChI=1S/C18H28N4O.C2H6.H2/c1-14-4-3-9-22(13-14)15-7-10-21(11-8-15)16-5-6-17(20-12-16)18(23)19-2;1-2;/h5-6,12,14-15H,3-4,7-11,13H2,1-2H3,(H,19,23);1-2H3;1H. The maximum atomic E-state index is 11.6. The van der Waals surface area contributed by atoms with Gasteiger partial charge in [0.25, 0.3) is 5.91 Å². The van der Waals surface area contributed by atoms with Crippen molar-refractivity contribution < 1.29 is 6.22 Å². The smallest absolute Gasteiger partial charge is 0.269 e.